The molecule has 0 amide bonds. The Balaban J connectivity index is 1.33. The molecule has 0 radical (unpaired) electrons. The van der Waals surface area contributed by atoms with Gasteiger partial charge in [-0.05, 0) is 113 Å². The third-order valence-corrected chi connectivity index (χ3v) is 17.9. The summed E-state index contributed by atoms with van der Waals surface area (Å²) in [5.41, 5.74) is 21.5. The zero-order chi connectivity index (χ0) is 54.1. The molecule has 2 aliphatic rings. The normalized spacial score (nSPS) is 14.2. The quantitative estimate of drug-likeness (QED) is 0.164. The Hall–Kier alpha value is -8.64. The monoisotopic (exact) mass is 1010 g/mol. The van der Waals surface area contributed by atoms with Crippen molar-refractivity contribution in [2.24, 2.45) is 0 Å². The molecule has 0 unspecified atom stereocenters. The highest BCUT2D eigenvalue weighted by atomic mass is 16.3. The Morgan fingerprint density at radius 1 is 0.410 bits per heavy atom. The molecule has 1 spiro atoms. The number of fused-ring (bicyclic) bond motifs is 25. The van der Waals surface area contributed by atoms with Crippen LogP contribution < -0.4 is 0 Å². The number of aromatic nitrogens is 1. The maximum absolute atomic E-state index is 11.6. The van der Waals surface area contributed by atoms with E-state index in [1.165, 1.54) is 55.6 Å². The van der Waals surface area contributed by atoms with Crippen LogP contribution in [0.2, 0.25) is 0 Å². The minimum absolute atomic E-state index is 0.191. The maximum atomic E-state index is 11.6. The van der Waals surface area contributed by atoms with Gasteiger partial charge in [0, 0.05) is 54.2 Å². The molecule has 15 rings (SSSR count). The summed E-state index contributed by atoms with van der Waals surface area (Å²) in [4.78, 5) is 0. The molecular formula is C73H59N3O2. The summed E-state index contributed by atoms with van der Waals surface area (Å²) in [5, 5.41) is 31.2. The van der Waals surface area contributed by atoms with Gasteiger partial charge in [0.2, 0.25) is 0 Å². The molecule has 9 aromatic carbocycles. The van der Waals surface area contributed by atoms with Gasteiger partial charge >= 0.3 is 0 Å². The van der Waals surface area contributed by atoms with E-state index in [1.807, 2.05) is 0 Å². The Kier molecular flexibility index (Phi) is 8.90. The molecule has 4 aromatic heterocycles. The largest absolute Gasteiger partial charge is 0.454 e. The number of furan rings is 2. The molecule has 4 heterocycles. The van der Waals surface area contributed by atoms with Gasteiger partial charge in [0.1, 0.15) is 23.3 Å². The summed E-state index contributed by atoms with van der Waals surface area (Å²) >= 11 is 0. The van der Waals surface area contributed by atoms with Gasteiger partial charge in [-0.15, -0.1) is 0 Å². The van der Waals surface area contributed by atoms with Crippen LogP contribution in [-0.4, -0.2) is 4.40 Å². The van der Waals surface area contributed by atoms with Gasteiger partial charge in [0.25, 0.3) is 0 Å². The minimum atomic E-state index is -0.763. The zero-order valence-electron chi connectivity index (χ0n) is 46.4. The molecule has 0 bridgehead atoms. The minimum Gasteiger partial charge on any atom is -0.454 e. The van der Waals surface area contributed by atoms with E-state index in [4.69, 9.17) is 8.83 Å². The van der Waals surface area contributed by atoms with Crippen LogP contribution in [0.1, 0.15) is 139 Å². The number of hydrogen-bond donors (Lipinski definition) is 0. The molecular weight excluding hydrogens is 951 g/mol. The molecule has 13 aromatic rings. The van der Waals surface area contributed by atoms with Gasteiger partial charge in [0.15, 0.2) is 11.2 Å². The van der Waals surface area contributed by atoms with E-state index in [9.17, 15) is 10.5 Å². The smallest absolute Gasteiger partial charge is 0.153 e. The summed E-state index contributed by atoms with van der Waals surface area (Å²) in [6.45, 7) is 27.2. The van der Waals surface area contributed by atoms with Crippen molar-refractivity contribution in [2.45, 2.75) is 110 Å². The lowest BCUT2D eigenvalue weighted by atomic mass is 9.69. The fraction of sp³-hybridized carbons (Fsp3) is 0.233. The van der Waals surface area contributed by atoms with Crippen molar-refractivity contribution < 1.29 is 8.83 Å². The first kappa shape index (κ1) is 46.6. The molecule has 78 heavy (non-hydrogen) atoms. The second kappa shape index (κ2) is 14.9. The van der Waals surface area contributed by atoms with E-state index in [-0.39, 0.29) is 21.7 Å². The van der Waals surface area contributed by atoms with E-state index in [0.717, 1.165) is 93.1 Å². The van der Waals surface area contributed by atoms with Crippen molar-refractivity contribution in [3.8, 4) is 45.5 Å². The molecule has 378 valence electrons. The van der Waals surface area contributed by atoms with Crippen molar-refractivity contribution in [1.82, 2.24) is 4.40 Å². The third-order valence-electron chi connectivity index (χ3n) is 17.9. The van der Waals surface area contributed by atoms with Crippen LogP contribution in [-0.2, 0) is 27.1 Å². The molecule has 0 saturated carbocycles. The van der Waals surface area contributed by atoms with Crippen LogP contribution in [0.3, 0.4) is 0 Å². The summed E-state index contributed by atoms with van der Waals surface area (Å²) < 4.78 is 17.0. The number of benzene rings is 9. The SMILES string of the molecule is CC(C)(C)c1cc(C(C)(C)C)c2oc3c(C#N)cc4c(c5c(-c6ccccc6)c6c(c7c8c9c(oc%10c(C(C)(C)C)cc(C(C)(C)C)cc%109)c(C#N)cc8n4c57)C4(c5ccccc5-c5ccccc54)c4ccccc4-6)c3c2c1. The predicted molar refractivity (Wildman–Crippen MR) is 322 cm³/mol. The van der Waals surface area contributed by atoms with Crippen LogP contribution in [0, 0.1) is 22.7 Å². The van der Waals surface area contributed by atoms with E-state index >= 15 is 0 Å². The Morgan fingerprint density at radius 3 is 1.28 bits per heavy atom. The van der Waals surface area contributed by atoms with E-state index < -0.39 is 5.41 Å². The lowest BCUT2D eigenvalue weighted by Crippen LogP contribution is -2.26. The van der Waals surface area contributed by atoms with Crippen LogP contribution in [0.25, 0.3) is 115 Å². The average molecular weight is 1010 g/mol. The zero-order valence-corrected chi connectivity index (χ0v) is 46.4. The van der Waals surface area contributed by atoms with E-state index in [2.05, 4.69) is 239 Å². The lowest BCUT2D eigenvalue weighted by molar-refractivity contribution is 0.558. The van der Waals surface area contributed by atoms with Gasteiger partial charge in [-0.25, -0.2) is 0 Å². The number of rotatable bonds is 1. The first-order valence-corrected chi connectivity index (χ1v) is 27.5. The molecule has 0 fully saturated rings. The molecule has 0 aliphatic heterocycles. The molecule has 5 heteroatoms. The summed E-state index contributed by atoms with van der Waals surface area (Å²) in [6, 6.07) is 57.0. The molecule has 2 aliphatic carbocycles. The lowest BCUT2D eigenvalue weighted by Gasteiger charge is -2.31. The van der Waals surface area contributed by atoms with Crippen LogP contribution in [0.4, 0.5) is 0 Å². The van der Waals surface area contributed by atoms with Crippen LogP contribution in [0.15, 0.2) is 148 Å². The fourth-order valence-electron chi connectivity index (χ4n) is 14.4. The van der Waals surface area contributed by atoms with Crippen LogP contribution >= 0.6 is 0 Å². The van der Waals surface area contributed by atoms with Gasteiger partial charge < -0.3 is 13.2 Å². The Bertz CT molecular complexity index is 4910. The molecule has 0 atom stereocenters. The third kappa shape index (κ3) is 5.69. The van der Waals surface area contributed by atoms with Gasteiger partial charge in [-0.1, -0.05) is 198 Å². The van der Waals surface area contributed by atoms with E-state index in [1.54, 1.807) is 0 Å². The highest BCUT2D eigenvalue weighted by Gasteiger charge is 2.54. The predicted octanol–water partition coefficient (Wildman–Crippen LogP) is 19.6. The number of nitriles is 2. The van der Waals surface area contributed by atoms with E-state index in [0.29, 0.717) is 22.3 Å². The second-order valence-corrected chi connectivity index (χ2v) is 26.6. The number of hydrogen-bond acceptors (Lipinski definition) is 4. The van der Waals surface area contributed by atoms with Gasteiger partial charge in [0.05, 0.1) is 33.1 Å². The standard InChI is InChI=1S/C73H59N3O2/c1-69(2,3)41-32-46-57-59-53(30-39(36-74)65(57)77-67(46)51(34-41)71(7,8)9)76-54-31-40(37-75)66-58(47-33-42(70(4,5)6)35-52(68(47)78-66)72(10,11)12)60(54)62-63-56(55(61(59)64(62)76)38-22-14-13-15-23-38)45-26-18-21-29-50(45)73(63)48-27-19-16-24-43(48)44-25-17-20-28-49(44)73/h13-35H,1-12H3. The number of nitrogens with zero attached hydrogens (tertiary/aromatic N) is 3. The highest BCUT2D eigenvalue weighted by molar-refractivity contribution is 6.41. The first-order valence-electron chi connectivity index (χ1n) is 27.5. The topological polar surface area (TPSA) is 78.3 Å². The van der Waals surface area contributed by atoms with Crippen molar-refractivity contribution >= 4 is 82.0 Å². The van der Waals surface area contributed by atoms with Gasteiger partial charge in [-0.2, -0.15) is 10.5 Å². The molecule has 0 N–H and O–H groups in total. The fourth-order valence-corrected chi connectivity index (χ4v) is 14.4. The summed E-state index contributed by atoms with van der Waals surface area (Å²) in [6.07, 6.45) is 0. The molecule has 0 saturated heterocycles. The second-order valence-electron chi connectivity index (χ2n) is 26.6. The van der Waals surface area contributed by atoms with Crippen LogP contribution in [0.5, 0.6) is 0 Å². The average Bonchev–Trinajstić information content (AvgIpc) is 2.02. The maximum Gasteiger partial charge on any atom is 0.153 e. The van der Waals surface area contributed by atoms with Crippen molar-refractivity contribution in [2.75, 3.05) is 0 Å². The van der Waals surface area contributed by atoms with Gasteiger partial charge in [-0.3, -0.25) is 0 Å². The first-order chi connectivity index (χ1) is 37.2. The van der Waals surface area contributed by atoms with Crippen molar-refractivity contribution in [3.63, 3.8) is 0 Å². The highest BCUT2D eigenvalue weighted by Crippen LogP contribution is 2.68. The summed E-state index contributed by atoms with van der Waals surface area (Å²) in [5.74, 6) is 0. The molecule has 5 nitrogen and oxygen atoms in total. The Labute approximate surface area is 454 Å². The summed E-state index contributed by atoms with van der Waals surface area (Å²) in [7, 11) is 0. The Morgan fingerprint density at radius 2 is 0.833 bits per heavy atom. The van der Waals surface area contributed by atoms with Crippen molar-refractivity contribution in [1.29, 1.82) is 10.5 Å². The van der Waals surface area contributed by atoms with Crippen molar-refractivity contribution in [3.05, 3.63) is 195 Å².